The molecular weight excluding hydrogens is 404 g/mol. The van der Waals surface area contributed by atoms with Gasteiger partial charge in [0, 0.05) is 18.7 Å². The van der Waals surface area contributed by atoms with Crippen LogP contribution in [0.1, 0.15) is 0 Å². The van der Waals surface area contributed by atoms with E-state index in [0.29, 0.717) is 29.6 Å². The van der Waals surface area contributed by atoms with Crippen molar-refractivity contribution in [3.05, 3.63) is 54.9 Å². The number of hydrogen-bond donors (Lipinski definition) is 3. The lowest BCUT2D eigenvalue weighted by atomic mass is 10.2. The SMILES string of the molecule is O=C1CN(c2ccc(NC(=O)C(=O)Nc3cnc(-c4ccccc4)s3)cn2)CCN1. The van der Waals surface area contributed by atoms with Crippen molar-refractivity contribution >= 4 is 45.6 Å². The lowest BCUT2D eigenvalue weighted by Crippen LogP contribution is -2.48. The van der Waals surface area contributed by atoms with Crippen molar-refractivity contribution in [2.75, 3.05) is 35.2 Å². The summed E-state index contributed by atoms with van der Waals surface area (Å²) in [6, 6.07) is 12.9. The molecule has 3 N–H and O–H groups in total. The van der Waals surface area contributed by atoms with Gasteiger partial charge < -0.3 is 20.9 Å². The highest BCUT2D eigenvalue weighted by Crippen LogP contribution is 2.28. The molecule has 30 heavy (non-hydrogen) atoms. The van der Waals surface area contributed by atoms with Crippen LogP contribution in [-0.2, 0) is 14.4 Å². The third kappa shape index (κ3) is 4.61. The highest BCUT2D eigenvalue weighted by Gasteiger charge is 2.19. The summed E-state index contributed by atoms with van der Waals surface area (Å²) in [6.45, 7) is 1.45. The van der Waals surface area contributed by atoms with E-state index in [1.807, 2.05) is 35.2 Å². The monoisotopic (exact) mass is 422 g/mol. The minimum atomic E-state index is -0.809. The Hall–Kier alpha value is -3.79. The summed E-state index contributed by atoms with van der Waals surface area (Å²) in [4.78, 5) is 46.2. The van der Waals surface area contributed by atoms with Crippen LogP contribution in [0.3, 0.4) is 0 Å². The number of nitrogens with zero attached hydrogens (tertiary/aromatic N) is 3. The quantitative estimate of drug-likeness (QED) is 0.552. The van der Waals surface area contributed by atoms with Crippen LogP contribution in [0, 0.1) is 0 Å². The number of rotatable bonds is 4. The zero-order valence-electron chi connectivity index (χ0n) is 15.8. The molecule has 4 rings (SSSR count). The van der Waals surface area contributed by atoms with Gasteiger partial charge in [0.05, 0.1) is 24.6 Å². The van der Waals surface area contributed by atoms with Gasteiger partial charge in [0.25, 0.3) is 0 Å². The number of piperazine rings is 1. The molecule has 1 aromatic carbocycles. The van der Waals surface area contributed by atoms with Gasteiger partial charge in [-0.25, -0.2) is 9.97 Å². The average molecular weight is 422 g/mol. The van der Waals surface area contributed by atoms with E-state index in [0.717, 1.165) is 10.6 Å². The molecule has 10 heteroatoms. The maximum Gasteiger partial charge on any atom is 0.314 e. The average Bonchev–Trinajstić information content (AvgIpc) is 3.23. The molecule has 0 unspecified atom stereocenters. The first kappa shape index (κ1) is 19.5. The van der Waals surface area contributed by atoms with E-state index in [9.17, 15) is 14.4 Å². The van der Waals surface area contributed by atoms with Crippen LogP contribution >= 0.6 is 11.3 Å². The number of benzene rings is 1. The summed E-state index contributed by atoms with van der Waals surface area (Å²) in [5, 5.41) is 9.04. The van der Waals surface area contributed by atoms with Gasteiger partial charge in [-0.05, 0) is 12.1 Å². The Morgan fingerprint density at radius 3 is 2.53 bits per heavy atom. The van der Waals surface area contributed by atoms with Gasteiger partial charge in [-0.2, -0.15) is 0 Å². The maximum atomic E-state index is 12.2. The summed E-state index contributed by atoms with van der Waals surface area (Å²) < 4.78 is 0. The molecule has 1 aliphatic heterocycles. The smallest absolute Gasteiger partial charge is 0.314 e. The molecule has 0 atom stereocenters. The van der Waals surface area contributed by atoms with Crippen LogP contribution in [-0.4, -0.2) is 47.3 Å². The van der Waals surface area contributed by atoms with Crippen molar-refractivity contribution < 1.29 is 14.4 Å². The van der Waals surface area contributed by atoms with Crippen molar-refractivity contribution in [3.63, 3.8) is 0 Å². The molecule has 0 bridgehead atoms. The number of pyridine rings is 1. The number of hydrogen-bond acceptors (Lipinski definition) is 7. The molecular formula is C20H18N6O3S. The first-order valence-electron chi connectivity index (χ1n) is 9.20. The molecule has 9 nitrogen and oxygen atoms in total. The summed E-state index contributed by atoms with van der Waals surface area (Å²) in [5.74, 6) is -1.03. The van der Waals surface area contributed by atoms with Crippen LogP contribution in [0.4, 0.5) is 16.5 Å². The van der Waals surface area contributed by atoms with E-state index in [1.165, 1.54) is 23.7 Å². The number of anilines is 3. The number of carbonyl (C=O) groups excluding carboxylic acids is 3. The largest absolute Gasteiger partial charge is 0.353 e. The Morgan fingerprint density at radius 1 is 1.00 bits per heavy atom. The molecule has 0 radical (unpaired) electrons. The number of carbonyl (C=O) groups is 3. The Balaban J connectivity index is 1.34. The second kappa shape index (κ2) is 8.70. The topological polar surface area (TPSA) is 116 Å². The summed E-state index contributed by atoms with van der Waals surface area (Å²) in [7, 11) is 0. The van der Waals surface area contributed by atoms with Crippen molar-refractivity contribution in [2.45, 2.75) is 0 Å². The Bertz CT molecular complexity index is 1070. The molecule has 2 aromatic heterocycles. The van der Waals surface area contributed by atoms with E-state index in [4.69, 9.17) is 0 Å². The molecule has 152 valence electrons. The third-order valence-electron chi connectivity index (χ3n) is 4.34. The summed E-state index contributed by atoms with van der Waals surface area (Å²) >= 11 is 1.28. The predicted molar refractivity (Wildman–Crippen MR) is 114 cm³/mol. The van der Waals surface area contributed by atoms with E-state index in [2.05, 4.69) is 25.9 Å². The van der Waals surface area contributed by atoms with Crippen LogP contribution in [0.5, 0.6) is 0 Å². The van der Waals surface area contributed by atoms with Crippen molar-refractivity contribution in [3.8, 4) is 10.6 Å². The zero-order valence-corrected chi connectivity index (χ0v) is 16.6. The zero-order chi connectivity index (χ0) is 20.9. The fraction of sp³-hybridized carbons (Fsp3) is 0.150. The van der Waals surface area contributed by atoms with Gasteiger partial charge in [0.2, 0.25) is 5.91 Å². The van der Waals surface area contributed by atoms with Crippen molar-refractivity contribution in [2.24, 2.45) is 0 Å². The van der Waals surface area contributed by atoms with Gasteiger partial charge in [0.1, 0.15) is 15.8 Å². The van der Waals surface area contributed by atoms with Crippen molar-refractivity contribution in [1.82, 2.24) is 15.3 Å². The molecule has 0 aliphatic carbocycles. The van der Waals surface area contributed by atoms with E-state index in [1.54, 1.807) is 12.1 Å². The highest BCUT2D eigenvalue weighted by atomic mass is 32.1. The fourth-order valence-electron chi connectivity index (χ4n) is 2.88. The molecule has 1 fully saturated rings. The standard InChI is InChI=1S/C20H18N6O3S/c27-16-12-26(9-8-21-16)15-7-6-14(10-22-15)24-18(28)19(29)25-17-11-23-20(30-17)13-4-2-1-3-5-13/h1-7,10-11H,8-9,12H2,(H,21,27)(H,24,28)(H,25,29). The fourth-order valence-corrected chi connectivity index (χ4v) is 3.70. The minimum absolute atomic E-state index is 0.0596. The number of thiazole rings is 1. The number of nitrogens with one attached hydrogen (secondary N) is 3. The Kier molecular flexibility index (Phi) is 5.66. The number of amides is 3. The van der Waals surface area contributed by atoms with Crippen LogP contribution in [0.2, 0.25) is 0 Å². The molecule has 1 aliphatic rings. The van der Waals surface area contributed by atoms with Gasteiger partial charge in [0.15, 0.2) is 0 Å². The summed E-state index contributed by atoms with van der Waals surface area (Å²) in [6.07, 6.45) is 2.97. The van der Waals surface area contributed by atoms with Gasteiger partial charge in [-0.15, -0.1) is 0 Å². The Morgan fingerprint density at radius 2 is 1.80 bits per heavy atom. The lowest BCUT2D eigenvalue weighted by Gasteiger charge is -2.27. The van der Waals surface area contributed by atoms with Gasteiger partial charge >= 0.3 is 11.8 Å². The van der Waals surface area contributed by atoms with Crippen LogP contribution in [0.15, 0.2) is 54.9 Å². The molecule has 3 aromatic rings. The highest BCUT2D eigenvalue weighted by molar-refractivity contribution is 7.19. The first-order chi connectivity index (χ1) is 14.6. The van der Waals surface area contributed by atoms with Gasteiger partial charge in [-0.1, -0.05) is 41.7 Å². The molecule has 3 amide bonds. The lowest BCUT2D eigenvalue weighted by molar-refractivity contribution is -0.132. The van der Waals surface area contributed by atoms with E-state index < -0.39 is 11.8 Å². The molecule has 0 saturated carbocycles. The second-order valence-electron chi connectivity index (χ2n) is 6.48. The maximum absolute atomic E-state index is 12.2. The van der Waals surface area contributed by atoms with E-state index in [-0.39, 0.29) is 12.5 Å². The third-order valence-corrected chi connectivity index (χ3v) is 5.30. The Labute approximate surface area is 176 Å². The predicted octanol–water partition coefficient (Wildman–Crippen LogP) is 1.72. The number of aromatic nitrogens is 2. The molecule has 1 saturated heterocycles. The minimum Gasteiger partial charge on any atom is -0.353 e. The normalized spacial score (nSPS) is 13.5. The summed E-state index contributed by atoms with van der Waals surface area (Å²) in [5.41, 5.74) is 1.32. The molecule has 3 heterocycles. The van der Waals surface area contributed by atoms with Crippen LogP contribution < -0.4 is 20.9 Å². The second-order valence-corrected chi connectivity index (χ2v) is 7.51. The van der Waals surface area contributed by atoms with Gasteiger partial charge in [-0.3, -0.25) is 14.4 Å². The van der Waals surface area contributed by atoms with Crippen LogP contribution in [0.25, 0.3) is 10.6 Å². The molecule has 0 spiro atoms. The van der Waals surface area contributed by atoms with E-state index >= 15 is 0 Å². The first-order valence-corrected chi connectivity index (χ1v) is 10.0. The van der Waals surface area contributed by atoms with Crippen molar-refractivity contribution in [1.29, 1.82) is 0 Å².